The number of nitrogens with one attached hydrogen (secondary N) is 2. The Morgan fingerprint density at radius 1 is 1.27 bits per heavy atom. The Hall–Kier alpha value is -2.74. The number of anilines is 2. The van der Waals surface area contributed by atoms with E-state index in [1.54, 1.807) is 10.9 Å². The van der Waals surface area contributed by atoms with Gasteiger partial charge in [0.05, 0.1) is 17.1 Å². The Labute approximate surface area is 149 Å². The first-order valence-electron chi connectivity index (χ1n) is 8.71. The van der Waals surface area contributed by atoms with E-state index in [9.17, 15) is 4.39 Å². The number of alkyl halides is 1. The molecule has 2 heterocycles. The molecule has 2 aliphatic rings. The van der Waals surface area contributed by atoms with Crippen molar-refractivity contribution in [1.29, 1.82) is 0 Å². The van der Waals surface area contributed by atoms with Crippen molar-refractivity contribution in [3.63, 3.8) is 0 Å². The van der Waals surface area contributed by atoms with E-state index in [1.165, 1.54) is 0 Å². The molecule has 0 radical (unpaired) electrons. The van der Waals surface area contributed by atoms with Crippen molar-refractivity contribution in [3.8, 4) is 0 Å². The highest BCUT2D eigenvalue weighted by molar-refractivity contribution is 5.88. The molecule has 5 rings (SSSR count). The zero-order valence-electron chi connectivity index (χ0n) is 14.4. The highest BCUT2D eigenvalue weighted by atomic mass is 19.1. The van der Waals surface area contributed by atoms with Crippen LogP contribution in [0.25, 0.3) is 11.0 Å². The van der Waals surface area contributed by atoms with Gasteiger partial charge in [-0.15, -0.1) is 0 Å². The van der Waals surface area contributed by atoms with Gasteiger partial charge < -0.3 is 16.4 Å². The average Bonchev–Trinajstić information content (AvgIpc) is 3.31. The number of aryl methyl sites for hydroxylation is 1. The van der Waals surface area contributed by atoms with Gasteiger partial charge in [-0.1, -0.05) is 30.3 Å². The van der Waals surface area contributed by atoms with Crippen LogP contribution in [-0.2, 0) is 7.05 Å². The number of hydrogen-bond donors (Lipinski definition) is 3. The van der Waals surface area contributed by atoms with Crippen LogP contribution < -0.4 is 16.4 Å². The maximum Gasteiger partial charge on any atom is 0.226 e. The third-order valence-electron chi connectivity index (χ3n) is 5.43. The Morgan fingerprint density at radius 2 is 2.00 bits per heavy atom. The molecule has 2 aliphatic carbocycles. The minimum absolute atomic E-state index is 0.178. The number of fused-ring (bicyclic) bond motifs is 2. The van der Waals surface area contributed by atoms with Crippen LogP contribution in [0, 0.1) is 0 Å². The summed E-state index contributed by atoms with van der Waals surface area (Å²) in [6.07, 6.45) is 2.80. The van der Waals surface area contributed by atoms with Crippen molar-refractivity contribution in [2.45, 2.75) is 30.1 Å². The molecule has 0 bridgehead atoms. The summed E-state index contributed by atoms with van der Waals surface area (Å²) in [6, 6.07) is 9.69. The molecule has 7 nitrogen and oxygen atoms in total. The fourth-order valence-corrected chi connectivity index (χ4v) is 3.46. The summed E-state index contributed by atoms with van der Waals surface area (Å²) < 4.78 is 15.7. The average molecular weight is 353 g/mol. The largest absolute Gasteiger partial charge is 0.360 e. The second-order valence-corrected chi connectivity index (χ2v) is 7.33. The van der Waals surface area contributed by atoms with Gasteiger partial charge in [-0.05, 0) is 5.56 Å². The fraction of sp³-hybridized carbons (Fsp3) is 0.389. The van der Waals surface area contributed by atoms with Crippen LogP contribution >= 0.6 is 0 Å². The maximum absolute atomic E-state index is 14.0. The molecular weight excluding hydrogens is 333 g/mol. The Morgan fingerprint density at radius 3 is 2.69 bits per heavy atom. The zero-order valence-corrected chi connectivity index (χ0v) is 14.4. The van der Waals surface area contributed by atoms with Gasteiger partial charge in [0.25, 0.3) is 0 Å². The first-order valence-corrected chi connectivity index (χ1v) is 8.71. The Balaban J connectivity index is 1.40. The lowest BCUT2D eigenvalue weighted by Gasteiger charge is -2.15. The molecule has 2 fully saturated rings. The van der Waals surface area contributed by atoms with Gasteiger partial charge in [-0.3, -0.25) is 4.68 Å². The van der Waals surface area contributed by atoms with Crippen LogP contribution in [0.3, 0.4) is 0 Å². The molecule has 0 spiro atoms. The molecule has 8 heteroatoms. The minimum Gasteiger partial charge on any atom is -0.360 e. The van der Waals surface area contributed by atoms with Gasteiger partial charge in [0.1, 0.15) is 11.5 Å². The van der Waals surface area contributed by atoms with Crippen molar-refractivity contribution in [1.82, 2.24) is 19.7 Å². The lowest BCUT2D eigenvalue weighted by Crippen LogP contribution is -2.22. The summed E-state index contributed by atoms with van der Waals surface area (Å²) in [5.41, 5.74) is 6.50. The van der Waals surface area contributed by atoms with Gasteiger partial charge in [0.2, 0.25) is 5.95 Å². The maximum atomic E-state index is 14.0. The first-order chi connectivity index (χ1) is 12.5. The van der Waals surface area contributed by atoms with E-state index in [4.69, 9.17) is 5.73 Å². The van der Waals surface area contributed by atoms with Crippen LogP contribution in [0.15, 0.2) is 36.5 Å². The van der Waals surface area contributed by atoms with Crippen molar-refractivity contribution >= 4 is 22.8 Å². The van der Waals surface area contributed by atoms with E-state index in [1.807, 2.05) is 37.4 Å². The van der Waals surface area contributed by atoms with Gasteiger partial charge >= 0.3 is 0 Å². The number of nitrogens with two attached hydrogens (primary N) is 1. The van der Waals surface area contributed by atoms with E-state index in [2.05, 4.69) is 25.7 Å². The predicted octanol–water partition coefficient (Wildman–Crippen LogP) is 2.14. The minimum atomic E-state index is -1.05. The molecule has 2 saturated carbocycles. The summed E-state index contributed by atoms with van der Waals surface area (Å²) >= 11 is 0. The summed E-state index contributed by atoms with van der Waals surface area (Å²) in [5.74, 6) is 1.08. The molecule has 0 aliphatic heterocycles. The molecule has 1 aromatic carbocycles. The number of halogens is 1. The van der Waals surface area contributed by atoms with Gasteiger partial charge in [-0.25, -0.2) is 4.39 Å². The second kappa shape index (κ2) is 5.14. The topological polar surface area (TPSA) is 93.7 Å². The number of rotatable bonds is 6. The summed E-state index contributed by atoms with van der Waals surface area (Å²) in [4.78, 5) is 9.09. The van der Waals surface area contributed by atoms with Crippen molar-refractivity contribution in [2.75, 3.05) is 17.2 Å². The summed E-state index contributed by atoms with van der Waals surface area (Å²) in [7, 11) is 1.82. The highest BCUT2D eigenvalue weighted by Crippen LogP contribution is 2.74. The molecule has 0 amide bonds. The van der Waals surface area contributed by atoms with E-state index in [0.717, 1.165) is 10.9 Å². The fourth-order valence-electron chi connectivity index (χ4n) is 3.46. The van der Waals surface area contributed by atoms with Gasteiger partial charge in [0.15, 0.2) is 5.65 Å². The lowest BCUT2D eigenvalue weighted by molar-refractivity contribution is 0.391. The molecule has 26 heavy (non-hydrogen) atoms. The standard InChI is InChI=1S/C18H20FN7/c1-26-15-12(7-22-26)14(25-18-9-17(18,19)10-18)23-16(24-15)21-8-13(20)11-5-3-2-4-6-11/h2-7,13H,8-10,20H2,1H3,(H2,21,23,24,25)/t13-,17?,18?/m0/s1. The van der Waals surface area contributed by atoms with E-state index >= 15 is 0 Å². The molecule has 4 N–H and O–H groups in total. The summed E-state index contributed by atoms with van der Waals surface area (Å²) in [5, 5.41) is 11.5. The van der Waals surface area contributed by atoms with E-state index in [0.29, 0.717) is 36.8 Å². The third kappa shape index (κ3) is 2.33. The monoisotopic (exact) mass is 353 g/mol. The smallest absolute Gasteiger partial charge is 0.226 e. The van der Waals surface area contributed by atoms with E-state index in [-0.39, 0.29) is 6.04 Å². The lowest BCUT2D eigenvalue weighted by atomic mass is 10.1. The molecule has 134 valence electrons. The number of benzene rings is 1. The van der Waals surface area contributed by atoms with E-state index < -0.39 is 11.2 Å². The SMILES string of the molecule is Cn1ncc2c(NC34CC3(F)C4)nc(NC[C@H](N)c3ccccc3)nc21. The molecule has 0 saturated heterocycles. The van der Waals surface area contributed by atoms with Crippen molar-refractivity contribution < 1.29 is 4.39 Å². The van der Waals surface area contributed by atoms with Gasteiger partial charge in [0, 0.05) is 32.5 Å². The van der Waals surface area contributed by atoms with Gasteiger partial charge in [-0.2, -0.15) is 15.1 Å². The predicted molar refractivity (Wildman–Crippen MR) is 97.6 cm³/mol. The quantitative estimate of drug-likeness (QED) is 0.629. The molecule has 0 unspecified atom stereocenters. The second-order valence-electron chi connectivity index (χ2n) is 7.33. The Kier molecular flexibility index (Phi) is 3.06. The molecule has 1 atom stereocenters. The normalized spacial score (nSPS) is 27.0. The molecule has 2 aromatic heterocycles. The third-order valence-corrected chi connectivity index (χ3v) is 5.43. The number of nitrogens with zero attached hydrogens (tertiary/aromatic N) is 4. The van der Waals surface area contributed by atoms with Crippen LogP contribution in [0.1, 0.15) is 24.4 Å². The van der Waals surface area contributed by atoms with Crippen molar-refractivity contribution in [2.24, 2.45) is 12.8 Å². The Bertz CT molecular complexity index is 978. The molecular formula is C18H20FN7. The molecule has 3 aromatic rings. The summed E-state index contributed by atoms with van der Waals surface area (Å²) in [6.45, 7) is 0.491. The highest BCUT2D eigenvalue weighted by Gasteiger charge is 2.86. The zero-order chi connectivity index (χ0) is 17.9. The van der Waals surface area contributed by atoms with Crippen LogP contribution in [0.5, 0.6) is 0 Å². The van der Waals surface area contributed by atoms with Crippen LogP contribution in [0.2, 0.25) is 0 Å². The number of hydrogen-bond acceptors (Lipinski definition) is 6. The first kappa shape index (κ1) is 15.5. The number of aromatic nitrogens is 4. The van der Waals surface area contributed by atoms with Crippen molar-refractivity contribution in [3.05, 3.63) is 42.1 Å². The van der Waals surface area contributed by atoms with Crippen LogP contribution in [-0.4, -0.2) is 37.5 Å². The van der Waals surface area contributed by atoms with Crippen LogP contribution in [0.4, 0.5) is 16.2 Å².